The highest BCUT2D eigenvalue weighted by Crippen LogP contribution is 2.18. The second kappa shape index (κ2) is 8.88. The molecule has 3 aromatic rings. The SMILES string of the molecule is N#Cc1ccc(CSCC(=O)Nc2ccccc2Cn2cccn2)cc1. The number of para-hydroxylation sites is 1. The fourth-order valence-electron chi connectivity index (χ4n) is 2.47. The highest BCUT2D eigenvalue weighted by molar-refractivity contribution is 7.99. The van der Waals surface area contributed by atoms with Gasteiger partial charge in [0.05, 0.1) is 23.9 Å². The van der Waals surface area contributed by atoms with Crippen molar-refractivity contribution in [3.05, 3.63) is 83.7 Å². The molecule has 3 rings (SSSR count). The lowest BCUT2D eigenvalue weighted by Crippen LogP contribution is -2.16. The van der Waals surface area contributed by atoms with Crippen LogP contribution in [0.15, 0.2) is 67.0 Å². The van der Waals surface area contributed by atoms with Crippen molar-refractivity contribution in [2.75, 3.05) is 11.1 Å². The molecule has 0 saturated heterocycles. The number of hydrogen-bond acceptors (Lipinski definition) is 4. The van der Waals surface area contributed by atoms with Crippen LogP contribution in [0.4, 0.5) is 5.69 Å². The zero-order valence-corrected chi connectivity index (χ0v) is 14.9. The summed E-state index contributed by atoms with van der Waals surface area (Å²) in [5.74, 6) is 1.07. The minimum Gasteiger partial charge on any atom is -0.325 e. The van der Waals surface area contributed by atoms with Gasteiger partial charge < -0.3 is 5.32 Å². The number of amides is 1. The number of hydrogen-bond donors (Lipinski definition) is 1. The number of nitrogens with one attached hydrogen (secondary N) is 1. The van der Waals surface area contributed by atoms with Gasteiger partial charge in [-0.25, -0.2) is 0 Å². The van der Waals surface area contributed by atoms with Crippen molar-refractivity contribution in [1.29, 1.82) is 5.26 Å². The number of rotatable bonds is 7. The summed E-state index contributed by atoms with van der Waals surface area (Å²) in [5, 5.41) is 16.0. The molecule has 6 heteroatoms. The molecule has 0 aliphatic heterocycles. The smallest absolute Gasteiger partial charge is 0.234 e. The Kier molecular flexibility index (Phi) is 6.07. The van der Waals surface area contributed by atoms with Crippen molar-refractivity contribution in [1.82, 2.24) is 9.78 Å². The lowest BCUT2D eigenvalue weighted by Gasteiger charge is -2.11. The fraction of sp³-hybridized carbons (Fsp3) is 0.150. The van der Waals surface area contributed by atoms with E-state index in [1.807, 2.05) is 53.3 Å². The van der Waals surface area contributed by atoms with E-state index in [0.717, 1.165) is 22.6 Å². The summed E-state index contributed by atoms with van der Waals surface area (Å²) >= 11 is 1.55. The van der Waals surface area contributed by atoms with Crippen LogP contribution in [0.2, 0.25) is 0 Å². The highest BCUT2D eigenvalue weighted by atomic mass is 32.2. The summed E-state index contributed by atoms with van der Waals surface area (Å²) < 4.78 is 1.82. The molecule has 0 unspecified atom stereocenters. The molecule has 1 aromatic heterocycles. The van der Waals surface area contributed by atoms with Gasteiger partial charge in [-0.3, -0.25) is 9.48 Å². The Balaban J connectivity index is 1.52. The first kappa shape index (κ1) is 17.8. The predicted octanol–water partition coefficient (Wildman–Crippen LogP) is 3.67. The van der Waals surface area contributed by atoms with E-state index in [1.54, 1.807) is 30.1 Å². The van der Waals surface area contributed by atoms with Crippen LogP contribution in [0.1, 0.15) is 16.7 Å². The number of carbonyl (C=O) groups excluding carboxylic acids is 1. The fourth-order valence-corrected chi connectivity index (χ4v) is 3.26. The first-order valence-electron chi connectivity index (χ1n) is 8.16. The average Bonchev–Trinajstić information content (AvgIpc) is 3.17. The van der Waals surface area contributed by atoms with Crippen molar-refractivity contribution in [2.24, 2.45) is 0 Å². The Hall–Kier alpha value is -3.04. The van der Waals surface area contributed by atoms with E-state index in [2.05, 4.69) is 16.5 Å². The largest absolute Gasteiger partial charge is 0.325 e. The van der Waals surface area contributed by atoms with E-state index in [1.165, 1.54) is 0 Å². The van der Waals surface area contributed by atoms with Gasteiger partial charge in [-0.05, 0) is 35.4 Å². The van der Waals surface area contributed by atoms with Gasteiger partial charge in [0.1, 0.15) is 0 Å². The summed E-state index contributed by atoms with van der Waals surface area (Å²) in [6, 6.07) is 19.2. The number of benzene rings is 2. The number of carbonyl (C=O) groups is 1. The maximum atomic E-state index is 12.3. The monoisotopic (exact) mass is 362 g/mol. The third-order valence-electron chi connectivity index (χ3n) is 3.77. The number of nitrogens with zero attached hydrogens (tertiary/aromatic N) is 3. The molecule has 0 fully saturated rings. The third kappa shape index (κ3) is 4.98. The van der Waals surface area contributed by atoms with Crippen molar-refractivity contribution < 1.29 is 4.79 Å². The molecule has 1 N–H and O–H groups in total. The molecule has 0 bridgehead atoms. The molecule has 1 heterocycles. The molecule has 130 valence electrons. The molecule has 26 heavy (non-hydrogen) atoms. The van der Waals surface area contributed by atoms with Gasteiger partial charge in [-0.2, -0.15) is 10.4 Å². The van der Waals surface area contributed by atoms with E-state index >= 15 is 0 Å². The molecule has 0 aliphatic carbocycles. The number of nitriles is 1. The Morgan fingerprint density at radius 3 is 2.69 bits per heavy atom. The van der Waals surface area contributed by atoms with Crippen molar-refractivity contribution in [3.8, 4) is 6.07 Å². The molecule has 0 atom stereocenters. The van der Waals surface area contributed by atoms with Crippen LogP contribution < -0.4 is 5.32 Å². The molecule has 2 aromatic carbocycles. The van der Waals surface area contributed by atoms with E-state index in [-0.39, 0.29) is 5.91 Å². The van der Waals surface area contributed by atoms with Crippen LogP contribution in [0.25, 0.3) is 0 Å². The normalized spacial score (nSPS) is 10.3. The zero-order valence-electron chi connectivity index (χ0n) is 14.1. The summed E-state index contributed by atoms with van der Waals surface area (Å²) in [7, 11) is 0. The Morgan fingerprint density at radius 2 is 1.96 bits per heavy atom. The van der Waals surface area contributed by atoms with E-state index in [4.69, 9.17) is 5.26 Å². The lowest BCUT2D eigenvalue weighted by molar-refractivity contribution is -0.113. The molecule has 0 saturated carbocycles. The third-order valence-corrected chi connectivity index (χ3v) is 4.77. The van der Waals surface area contributed by atoms with Crippen molar-refractivity contribution in [3.63, 3.8) is 0 Å². The van der Waals surface area contributed by atoms with Crippen LogP contribution in [0.3, 0.4) is 0 Å². The van der Waals surface area contributed by atoms with Crippen LogP contribution in [0, 0.1) is 11.3 Å². The van der Waals surface area contributed by atoms with Crippen LogP contribution in [0.5, 0.6) is 0 Å². The summed E-state index contributed by atoms with van der Waals surface area (Å²) in [6.07, 6.45) is 3.63. The van der Waals surface area contributed by atoms with Gasteiger partial charge >= 0.3 is 0 Å². The van der Waals surface area contributed by atoms with Crippen molar-refractivity contribution >= 4 is 23.4 Å². The predicted molar refractivity (Wildman–Crippen MR) is 104 cm³/mol. The molecule has 5 nitrogen and oxygen atoms in total. The van der Waals surface area contributed by atoms with E-state index < -0.39 is 0 Å². The average molecular weight is 362 g/mol. The minimum absolute atomic E-state index is 0.0310. The number of thioether (sulfide) groups is 1. The number of anilines is 1. The van der Waals surface area contributed by atoms with Gasteiger partial charge in [0.15, 0.2) is 0 Å². The van der Waals surface area contributed by atoms with E-state index in [9.17, 15) is 4.79 Å². The summed E-state index contributed by atoms with van der Waals surface area (Å²) in [4.78, 5) is 12.3. The summed E-state index contributed by atoms with van der Waals surface area (Å²) in [6.45, 7) is 0.613. The van der Waals surface area contributed by atoms with Gasteiger partial charge in [0, 0.05) is 23.8 Å². The molecular formula is C20H18N4OS. The molecule has 1 amide bonds. The first-order valence-corrected chi connectivity index (χ1v) is 9.32. The molecule has 0 radical (unpaired) electrons. The number of aromatic nitrogens is 2. The second-order valence-corrected chi connectivity index (χ2v) is 6.70. The van der Waals surface area contributed by atoms with Gasteiger partial charge in [0.2, 0.25) is 5.91 Å². The topological polar surface area (TPSA) is 70.7 Å². The Morgan fingerprint density at radius 1 is 1.15 bits per heavy atom. The van der Waals surface area contributed by atoms with E-state index in [0.29, 0.717) is 17.9 Å². The minimum atomic E-state index is -0.0310. The standard InChI is InChI=1S/C20H18N4OS/c21-12-16-6-8-17(9-7-16)14-26-15-20(25)23-19-5-2-1-4-18(19)13-24-11-3-10-22-24/h1-11H,13-15H2,(H,23,25). The highest BCUT2D eigenvalue weighted by Gasteiger charge is 2.08. The lowest BCUT2D eigenvalue weighted by atomic mass is 10.2. The van der Waals surface area contributed by atoms with Crippen molar-refractivity contribution in [2.45, 2.75) is 12.3 Å². The van der Waals surface area contributed by atoms with Gasteiger partial charge in [0.25, 0.3) is 0 Å². The van der Waals surface area contributed by atoms with Gasteiger partial charge in [-0.1, -0.05) is 30.3 Å². The quantitative estimate of drug-likeness (QED) is 0.696. The van der Waals surface area contributed by atoms with Crippen LogP contribution in [-0.2, 0) is 17.1 Å². The Bertz CT molecular complexity index is 898. The maximum Gasteiger partial charge on any atom is 0.234 e. The zero-order chi connectivity index (χ0) is 18.2. The molecular weight excluding hydrogens is 344 g/mol. The maximum absolute atomic E-state index is 12.3. The first-order chi connectivity index (χ1) is 12.7. The van der Waals surface area contributed by atoms with Gasteiger partial charge in [-0.15, -0.1) is 11.8 Å². The summed E-state index contributed by atoms with van der Waals surface area (Å²) in [5.41, 5.74) is 3.57. The Labute approximate surface area is 156 Å². The second-order valence-electron chi connectivity index (χ2n) is 5.71. The van der Waals surface area contributed by atoms with Crippen LogP contribution in [-0.4, -0.2) is 21.4 Å². The van der Waals surface area contributed by atoms with Crippen LogP contribution >= 0.6 is 11.8 Å². The molecule has 0 spiro atoms. The molecule has 0 aliphatic rings.